The van der Waals surface area contributed by atoms with Crippen molar-refractivity contribution in [1.82, 2.24) is 4.90 Å². The molecular weight excluding hydrogens is 280 g/mol. The number of aryl methyl sites for hydroxylation is 1. The van der Waals surface area contributed by atoms with Gasteiger partial charge in [-0.25, -0.2) is 0 Å². The van der Waals surface area contributed by atoms with Crippen LogP contribution in [0.15, 0.2) is 24.3 Å². The van der Waals surface area contributed by atoms with E-state index in [2.05, 4.69) is 5.32 Å². The largest absolute Gasteiger partial charge is 0.396 e. The van der Waals surface area contributed by atoms with E-state index in [1.807, 2.05) is 31.2 Å². The Morgan fingerprint density at radius 2 is 2.09 bits per heavy atom. The number of likely N-dealkylation sites (tertiary alicyclic amines) is 1. The highest BCUT2D eigenvalue weighted by atomic mass is 16.3. The molecule has 1 aliphatic heterocycles. The van der Waals surface area contributed by atoms with Crippen molar-refractivity contribution in [3.8, 4) is 0 Å². The van der Waals surface area contributed by atoms with Gasteiger partial charge in [0.1, 0.15) is 0 Å². The van der Waals surface area contributed by atoms with Gasteiger partial charge in [0.05, 0.1) is 0 Å². The van der Waals surface area contributed by atoms with E-state index in [9.17, 15) is 9.59 Å². The Kier molecular flexibility index (Phi) is 5.95. The average molecular weight is 304 g/mol. The van der Waals surface area contributed by atoms with Crippen molar-refractivity contribution in [2.45, 2.75) is 45.1 Å². The molecule has 1 fully saturated rings. The van der Waals surface area contributed by atoms with Gasteiger partial charge in [0, 0.05) is 24.9 Å². The molecule has 0 saturated carbocycles. The summed E-state index contributed by atoms with van der Waals surface area (Å²) in [7, 11) is 0. The maximum atomic E-state index is 12.4. The summed E-state index contributed by atoms with van der Waals surface area (Å²) in [6.45, 7) is 2.63. The second-order valence-corrected chi connectivity index (χ2v) is 5.63. The average Bonchev–Trinajstić information content (AvgIpc) is 2.55. The smallest absolute Gasteiger partial charge is 0.313 e. The third kappa shape index (κ3) is 3.85. The molecule has 1 heterocycles. The van der Waals surface area contributed by atoms with Crippen molar-refractivity contribution in [3.63, 3.8) is 0 Å². The predicted molar refractivity (Wildman–Crippen MR) is 85.5 cm³/mol. The third-order valence-corrected chi connectivity index (χ3v) is 4.19. The Morgan fingerprint density at radius 1 is 1.32 bits per heavy atom. The molecule has 120 valence electrons. The van der Waals surface area contributed by atoms with Crippen LogP contribution in [0.2, 0.25) is 0 Å². The molecule has 0 spiro atoms. The van der Waals surface area contributed by atoms with Crippen molar-refractivity contribution >= 4 is 17.5 Å². The first-order valence-electron chi connectivity index (χ1n) is 7.98. The third-order valence-electron chi connectivity index (χ3n) is 4.19. The van der Waals surface area contributed by atoms with Crippen LogP contribution in [0.3, 0.4) is 0 Å². The SMILES string of the molecule is CCc1ccccc1NC(=O)C(=O)N1CCCCC1CCO. The highest BCUT2D eigenvalue weighted by Gasteiger charge is 2.30. The predicted octanol–water partition coefficient (Wildman–Crippen LogP) is 1.95. The number of hydrogen-bond acceptors (Lipinski definition) is 3. The number of amides is 2. The van der Waals surface area contributed by atoms with Crippen molar-refractivity contribution < 1.29 is 14.7 Å². The van der Waals surface area contributed by atoms with Gasteiger partial charge in [-0.3, -0.25) is 9.59 Å². The van der Waals surface area contributed by atoms with Gasteiger partial charge in [-0.05, 0) is 43.7 Å². The zero-order valence-corrected chi connectivity index (χ0v) is 13.0. The quantitative estimate of drug-likeness (QED) is 0.835. The minimum Gasteiger partial charge on any atom is -0.396 e. The highest BCUT2D eigenvalue weighted by Crippen LogP contribution is 2.21. The summed E-state index contributed by atoms with van der Waals surface area (Å²) in [5.74, 6) is -1.09. The number of anilines is 1. The lowest BCUT2D eigenvalue weighted by Gasteiger charge is -2.35. The van der Waals surface area contributed by atoms with E-state index in [4.69, 9.17) is 5.11 Å². The lowest BCUT2D eigenvalue weighted by atomic mass is 9.99. The van der Waals surface area contributed by atoms with Gasteiger partial charge in [-0.15, -0.1) is 0 Å². The van der Waals surface area contributed by atoms with Crippen molar-refractivity contribution in [3.05, 3.63) is 29.8 Å². The second kappa shape index (κ2) is 7.94. The molecule has 1 aromatic carbocycles. The number of piperidine rings is 1. The van der Waals surface area contributed by atoms with E-state index < -0.39 is 11.8 Å². The van der Waals surface area contributed by atoms with Crippen LogP contribution in [0.25, 0.3) is 0 Å². The van der Waals surface area contributed by atoms with Gasteiger partial charge >= 0.3 is 11.8 Å². The van der Waals surface area contributed by atoms with E-state index in [0.29, 0.717) is 18.7 Å². The molecular formula is C17H24N2O3. The number of carbonyl (C=O) groups is 2. The molecule has 0 radical (unpaired) electrons. The number of aliphatic hydroxyl groups is 1. The molecule has 5 nitrogen and oxygen atoms in total. The monoisotopic (exact) mass is 304 g/mol. The molecule has 2 amide bonds. The number of hydrogen-bond donors (Lipinski definition) is 2. The van der Waals surface area contributed by atoms with Crippen LogP contribution in [0.4, 0.5) is 5.69 Å². The van der Waals surface area contributed by atoms with Crippen LogP contribution in [0.1, 0.15) is 38.2 Å². The Morgan fingerprint density at radius 3 is 2.82 bits per heavy atom. The van der Waals surface area contributed by atoms with Gasteiger partial charge in [0.15, 0.2) is 0 Å². The fourth-order valence-corrected chi connectivity index (χ4v) is 2.97. The van der Waals surface area contributed by atoms with Crippen LogP contribution in [0.5, 0.6) is 0 Å². The highest BCUT2D eigenvalue weighted by molar-refractivity contribution is 6.39. The van der Waals surface area contributed by atoms with E-state index in [1.54, 1.807) is 4.90 Å². The van der Waals surface area contributed by atoms with Crippen LogP contribution in [0, 0.1) is 0 Å². The summed E-state index contributed by atoms with van der Waals surface area (Å²) in [5.41, 5.74) is 1.70. The van der Waals surface area contributed by atoms with Crippen molar-refractivity contribution in [2.75, 3.05) is 18.5 Å². The number of benzene rings is 1. The number of carbonyl (C=O) groups excluding carboxylic acids is 2. The van der Waals surface area contributed by atoms with Gasteiger partial charge in [0.25, 0.3) is 0 Å². The zero-order chi connectivity index (χ0) is 15.9. The Labute approximate surface area is 131 Å². The minimum absolute atomic E-state index is 0.0292. The molecule has 0 aliphatic carbocycles. The van der Waals surface area contributed by atoms with Crippen LogP contribution in [-0.4, -0.2) is 41.0 Å². The van der Waals surface area contributed by atoms with E-state index in [1.165, 1.54) is 0 Å². The molecule has 2 rings (SSSR count). The van der Waals surface area contributed by atoms with Crippen molar-refractivity contribution in [1.29, 1.82) is 0 Å². The fourth-order valence-electron chi connectivity index (χ4n) is 2.97. The second-order valence-electron chi connectivity index (χ2n) is 5.63. The lowest BCUT2D eigenvalue weighted by molar-refractivity contribution is -0.146. The molecule has 0 aromatic heterocycles. The molecule has 2 N–H and O–H groups in total. The molecule has 1 saturated heterocycles. The minimum atomic E-state index is -0.592. The first-order valence-corrected chi connectivity index (χ1v) is 7.98. The molecule has 1 aromatic rings. The van der Waals surface area contributed by atoms with Gasteiger partial charge < -0.3 is 15.3 Å². The Bertz CT molecular complexity index is 528. The van der Waals surface area contributed by atoms with Gasteiger partial charge in [0.2, 0.25) is 0 Å². The number of rotatable bonds is 4. The van der Waals surface area contributed by atoms with Crippen LogP contribution in [-0.2, 0) is 16.0 Å². The van der Waals surface area contributed by atoms with Crippen molar-refractivity contribution in [2.24, 2.45) is 0 Å². The summed E-state index contributed by atoms with van der Waals surface area (Å²) in [4.78, 5) is 26.3. The van der Waals surface area contributed by atoms with Gasteiger partial charge in [-0.1, -0.05) is 25.1 Å². The van der Waals surface area contributed by atoms with Gasteiger partial charge in [-0.2, -0.15) is 0 Å². The molecule has 1 atom stereocenters. The lowest BCUT2D eigenvalue weighted by Crippen LogP contribution is -2.48. The van der Waals surface area contributed by atoms with Crippen LogP contribution < -0.4 is 5.32 Å². The first-order chi connectivity index (χ1) is 10.7. The standard InChI is InChI=1S/C17H24N2O3/c1-2-13-7-3-4-9-15(13)18-16(21)17(22)19-11-6-5-8-14(19)10-12-20/h3-4,7,9,14,20H,2,5-6,8,10-12H2,1H3,(H,18,21). The summed E-state index contributed by atoms with van der Waals surface area (Å²) < 4.78 is 0. The zero-order valence-electron chi connectivity index (χ0n) is 13.0. The Hall–Kier alpha value is -1.88. The number of nitrogens with one attached hydrogen (secondary N) is 1. The van der Waals surface area contributed by atoms with E-state index in [-0.39, 0.29) is 12.6 Å². The summed E-state index contributed by atoms with van der Waals surface area (Å²) >= 11 is 0. The molecule has 1 unspecified atom stereocenters. The fraction of sp³-hybridized carbons (Fsp3) is 0.529. The van der Waals surface area contributed by atoms with E-state index in [0.717, 1.165) is 31.2 Å². The first kappa shape index (κ1) is 16.5. The number of nitrogens with zero attached hydrogens (tertiary/aromatic N) is 1. The summed E-state index contributed by atoms with van der Waals surface area (Å²) in [6, 6.07) is 7.48. The maximum absolute atomic E-state index is 12.4. The molecule has 22 heavy (non-hydrogen) atoms. The normalized spacial score (nSPS) is 18.1. The summed E-state index contributed by atoms with van der Waals surface area (Å²) in [6.07, 6.45) is 4.12. The number of aliphatic hydroxyl groups excluding tert-OH is 1. The molecule has 1 aliphatic rings. The molecule has 0 bridgehead atoms. The molecule has 5 heteroatoms. The number of para-hydroxylation sites is 1. The Balaban J connectivity index is 2.06. The van der Waals surface area contributed by atoms with E-state index >= 15 is 0 Å². The van der Waals surface area contributed by atoms with Crippen LogP contribution >= 0.6 is 0 Å². The summed E-state index contributed by atoms with van der Waals surface area (Å²) in [5, 5.41) is 11.9. The maximum Gasteiger partial charge on any atom is 0.313 e. The topological polar surface area (TPSA) is 69.6 Å².